The quantitative estimate of drug-likeness (QED) is 0.777. The van der Waals surface area contributed by atoms with Gasteiger partial charge in [-0.1, -0.05) is 54.0 Å². The molecule has 1 fully saturated rings. The average Bonchev–Trinajstić information content (AvgIpc) is 2.94. The minimum Gasteiger partial charge on any atom is -0.317 e. The van der Waals surface area contributed by atoms with Crippen molar-refractivity contribution in [3.8, 4) is 0 Å². The number of nitrogens with zero attached hydrogens (tertiary/aromatic N) is 1. The molecule has 0 radical (unpaired) electrons. The lowest BCUT2D eigenvalue weighted by Crippen LogP contribution is -3.12. The summed E-state index contributed by atoms with van der Waals surface area (Å²) < 4.78 is 3.04. The molecule has 4 heteroatoms. The second-order valence-electron chi connectivity index (χ2n) is 6.81. The van der Waals surface area contributed by atoms with Gasteiger partial charge in [-0.2, -0.15) is 0 Å². The average molecular weight is 339 g/mol. The zero-order valence-electron chi connectivity index (χ0n) is 13.8. The van der Waals surface area contributed by atoms with Gasteiger partial charge in [0.15, 0.2) is 6.67 Å². The van der Waals surface area contributed by atoms with E-state index in [0.29, 0.717) is 0 Å². The first-order chi connectivity index (χ1) is 11.8. The van der Waals surface area contributed by atoms with Crippen molar-refractivity contribution in [2.24, 2.45) is 5.92 Å². The molecule has 2 aromatic carbocycles. The number of benzene rings is 2. The number of rotatable bonds is 4. The summed E-state index contributed by atoms with van der Waals surface area (Å²) in [6, 6.07) is 18.7. The van der Waals surface area contributed by atoms with Crippen LogP contribution in [0.4, 0.5) is 0 Å². The molecule has 24 heavy (non-hydrogen) atoms. The van der Waals surface area contributed by atoms with Crippen LogP contribution in [0.15, 0.2) is 59.4 Å². The molecule has 3 nitrogen and oxygen atoms in total. The molecule has 124 valence electrons. The Morgan fingerprint density at radius 1 is 1.00 bits per heavy atom. The van der Waals surface area contributed by atoms with Crippen molar-refractivity contribution < 1.29 is 4.90 Å². The summed E-state index contributed by atoms with van der Waals surface area (Å²) in [5, 5.41) is 0.862. The molecular weight excluding hydrogens is 316 g/mol. The fraction of sp³-hybridized carbons (Fsp3) is 0.350. The number of fused-ring (bicyclic) bond motifs is 1. The molecular formula is C20H23N2OS+. The van der Waals surface area contributed by atoms with Gasteiger partial charge in [0.25, 0.3) is 5.56 Å². The van der Waals surface area contributed by atoms with Crippen LogP contribution in [0.25, 0.3) is 10.1 Å². The minimum atomic E-state index is 0.175. The van der Waals surface area contributed by atoms with Crippen LogP contribution >= 0.6 is 11.5 Å². The van der Waals surface area contributed by atoms with Crippen LogP contribution in [0.2, 0.25) is 0 Å². The van der Waals surface area contributed by atoms with E-state index in [4.69, 9.17) is 0 Å². The van der Waals surface area contributed by atoms with Gasteiger partial charge in [-0.25, -0.2) is 3.96 Å². The topological polar surface area (TPSA) is 26.4 Å². The predicted molar refractivity (Wildman–Crippen MR) is 99.7 cm³/mol. The lowest BCUT2D eigenvalue weighted by molar-refractivity contribution is -0.928. The van der Waals surface area contributed by atoms with Crippen LogP contribution < -0.4 is 10.5 Å². The zero-order valence-corrected chi connectivity index (χ0v) is 14.6. The van der Waals surface area contributed by atoms with Gasteiger partial charge in [0, 0.05) is 0 Å². The van der Waals surface area contributed by atoms with E-state index in [9.17, 15) is 4.79 Å². The first kappa shape index (κ1) is 15.6. The van der Waals surface area contributed by atoms with Gasteiger partial charge in [0.2, 0.25) is 0 Å². The molecule has 4 rings (SSSR count). The van der Waals surface area contributed by atoms with E-state index in [1.807, 2.05) is 28.2 Å². The second kappa shape index (κ2) is 6.91. The summed E-state index contributed by atoms with van der Waals surface area (Å²) in [5.74, 6) is 0.787. The molecule has 0 amide bonds. The molecule has 0 unspecified atom stereocenters. The van der Waals surface area contributed by atoms with Gasteiger partial charge >= 0.3 is 0 Å². The van der Waals surface area contributed by atoms with E-state index < -0.39 is 0 Å². The van der Waals surface area contributed by atoms with E-state index in [2.05, 4.69) is 30.3 Å². The molecule has 2 heterocycles. The molecule has 1 N–H and O–H groups in total. The largest absolute Gasteiger partial charge is 0.317 e. The van der Waals surface area contributed by atoms with Crippen molar-refractivity contribution in [1.82, 2.24) is 3.96 Å². The highest BCUT2D eigenvalue weighted by molar-refractivity contribution is 7.13. The van der Waals surface area contributed by atoms with Crippen LogP contribution in [0, 0.1) is 5.92 Å². The van der Waals surface area contributed by atoms with Gasteiger partial charge in [-0.15, -0.1) is 0 Å². The summed E-state index contributed by atoms with van der Waals surface area (Å²) in [6.07, 6.45) is 3.70. The third kappa shape index (κ3) is 3.30. The van der Waals surface area contributed by atoms with E-state index >= 15 is 0 Å². The summed E-state index contributed by atoms with van der Waals surface area (Å²) in [6.45, 7) is 3.15. The van der Waals surface area contributed by atoms with E-state index in [0.717, 1.165) is 35.8 Å². The van der Waals surface area contributed by atoms with Crippen LogP contribution in [0.1, 0.15) is 18.4 Å². The van der Waals surface area contributed by atoms with Crippen molar-refractivity contribution in [2.75, 3.05) is 13.1 Å². The molecule has 0 aliphatic carbocycles. The molecule has 1 saturated heterocycles. The van der Waals surface area contributed by atoms with Crippen molar-refractivity contribution in [1.29, 1.82) is 0 Å². The Balaban J connectivity index is 1.37. The predicted octanol–water partition coefficient (Wildman–Crippen LogP) is 2.56. The molecule has 1 aliphatic rings. The highest BCUT2D eigenvalue weighted by atomic mass is 32.1. The highest BCUT2D eigenvalue weighted by Gasteiger charge is 2.23. The monoisotopic (exact) mass is 339 g/mol. The Morgan fingerprint density at radius 2 is 1.71 bits per heavy atom. The third-order valence-corrected chi connectivity index (χ3v) is 6.17. The van der Waals surface area contributed by atoms with Gasteiger partial charge in [-0.3, -0.25) is 4.79 Å². The Kier molecular flexibility index (Phi) is 4.50. The number of likely N-dealkylation sites (tertiary alicyclic amines) is 1. The highest BCUT2D eigenvalue weighted by Crippen LogP contribution is 2.17. The van der Waals surface area contributed by atoms with Crippen LogP contribution in [0.5, 0.6) is 0 Å². The van der Waals surface area contributed by atoms with E-state index in [-0.39, 0.29) is 5.56 Å². The number of hydrogen-bond donors (Lipinski definition) is 1. The second-order valence-corrected chi connectivity index (χ2v) is 7.88. The molecule has 0 saturated carbocycles. The molecule has 0 spiro atoms. The molecule has 0 bridgehead atoms. The smallest absolute Gasteiger partial charge is 0.273 e. The van der Waals surface area contributed by atoms with Crippen molar-refractivity contribution >= 4 is 21.6 Å². The number of quaternary nitrogens is 1. The number of aromatic nitrogens is 1. The standard InChI is InChI=1S/C20H22N2OS/c23-20-18-8-4-5-9-19(18)24-22(20)15-21-12-10-17(11-13-21)14-16-6-2-1-3-7-16/h1-9,17H,10-15H2/p+1. The maximum atomic E-state index is 12.5. The lowest BCUT2D eigenvalue weighted by Gasteiger charge is -2.29. The normalized spacial score (nSPS) is 21.2. The molecule has 0 atom stereocenters. The summed E-state index contributed by atoms with van der Waals surface area (Å²) in [4.78, 5) is 14.0. The number of hydrogen-bond acceptors (Lipinski definition) is 2. The Hall–Kier alpha value is -1.91. The maximum absolute atomic E-state index is 12.5. The van der Waals surface area contributed by atoms with Gasteiger partial charge in [0.05, 0.1) is 23.2 Å². The lowest BCUT2D eigenvalue weighted by atomic mass is 9.90. The van der Waals surface area contributed by atoms with Crippen molar-refractivity contribution in [3.63, 3.8) is 0 Å². The Labute approximate surface area is 146 Å². The van der Waals surface area contributed by atoms with Gasteiger partial charge in [-0.05, 0) is 42.9 Å². The van der Waals surface area contributed by atoms with Gasteiger partial charge in [0.1, 0.15) is 0 Å². The number of nitrogens with one attached hydrogen (secondary N) is 1. The van der Waals surface area contributed by atoms with E-state index in [1.165, 1.54) is 29.7 Å². The summed E-state index contributed by atoms with van der Waals surface area (Å²) >= 11 is 1.60. The van der Waals surface area contributed by atoms with Crippen molar-refractivity contribution in [2.45, 2.75) is 25.9 Å². The maximum Gasteiger partial charge on any atom is 0.273 e. The van der Waals surface area contributed by atoms with Crippen molar-refractivity contribution in [3.05, 3.63) is 70.5 Å². The fourth-order valence-corrected chi connectivity index (χ4v) is 4.78. The zero-order chi connectivity index (χ0) is 16.4. The Bertz CT molecular complexity index is 860. The third-order valence-electron chi connectivity index (χ3n) is 5.10. The summed E-state index contributed by atoms with van der Waals surface area (Å²) in [5.41, 5.74) is 1.63. The van der Waals surface area contributed by atoms with E-state index in [1.54, 1.807) is 11.5 Å². The van der Waals surface area contributed by atoms with Crippen LogP contribution in [-0.4, -0.2) is 17.0 Å². The Morgan fingerprint density at radius 3 is 2.46 bits per heavy atom. The van der Waals surface area contributed by atoms with Crippen LogP contribution in [-0.2, 0) is 13.1 Å². The molecule has 1 aromatic heterocycles. The first-order valence-corrected chi connectivity index (χ1v) is 9.53. The number of piperidine rings is 1. The SMILES string of the molecule is O=c1c2ccccc2sn1C[NH+]1CCC(Cc2ccccc2)CC1. The van der Waals surface area contributed by atoms with Crippen LogP contribution in [0.3, 0.4) is 0 Å². The molecule has 1 aliphatic heterocycles. The fourth-order valence-electron chi connectivity index (χ4n) is 3.72. The van der Waals surface area contributed by atoms with Gasteiger partial charge < -0.3 is 4.90 Å². The minimum absolute atomic E-state index is 0.175. The first-order valence-electron chi connectivity index (χ1n) is 8.76. The molecule has 3 aromatic rings. The summed E-state index contributed by atoms with van der Waals surface area (Å²) in [7, 11) is 0.